The molecule has 8 heteroatoms. The first-order valence-corrected chi connectivity index (χ1v) is 11.6. The Morgan fingerprint density at radius 1 is 0.882 bits per heavy atom. The van der Waals surface area contributed by atoms with E-state index in [1.54, 1.807) is 6.07 Å². The number of carboxylic acid groups (broad SMARTS) is 1. The van der Waals surface area contributed by atoms with Gasteiger partial charge in [-0.2, -0.15) is 0 Å². The third kappa shape index (κ3) is 6.01. The zero-order valence-corrected chi connectivity index (χ0v) is 20.3. The number of amides is 1. The maximum Gasteiger partial charge on any atom is 0.326 e. The molecule has 0 heterocycles. The van der Waals surface area contributed by atoms with Gasteiger partial charge in [-0.3, -0.25) is 4.79 Å². The molecule has 0 fully saturated rings. The van der Waals surface area contributed by atoms with Crippen LogP contribution in [0.5, 0.6) is 11.5 Å². The number of ether oxygens (including phenoxy) is 2. The van der Waals surface area contributed by atoms with Crippen LogP contribution in [0.1, 0.15) is 29.8 Å². The predicted octanol–water partition coefficient (Wildman–Crippen LogP) is 5.88. The van der Waals surface area contributed by atoms with Crippen molar-refractivity contribution in [2.75, 3.05) is 13.2 Å². The Balaban J connectivity index is 1.83. The molecule has 0 aliphatic heterocycles. The number of halogens is 2. The van der Waals surface area contributed by atoms with Crippen LogP contribution in [0.15, 0.2) is 60.7 Å². The van der Waals surface area contributed by atoms with E-state index >= 15 is 0 Å². The van der Waals surface area contributed by atoms with E-state index < -0.39 is 17.9 Å². The molecule has 0 aromatic heterocycles. The van der Waals surface area contributed by atoms with Crippen molar-refractivity contribution in [1.82, 2.24) is 5.32 Å². The van der Waals surface area contributed by atoms with Crippen molar-refractivity contribution >= 4 is 35.1 Å². The summed E-state index contributed by atoms with van der Waals surface area (Å²) in [5, 5.41) is 12.5. The highest BCUT2D eigenvalue weighted by atomic mass is 35.5. The van der Waals surface area contributed by atoms with Gasteiger partial charge in [0.25, 0.3) is 5.91 Å². The molecule has 2 N–H and O–H groups in total. The normalized spacial score (nSPS) is 11.5. The second kappa shape index (κ2) is 11.8. The minimum Gasteiger partial charge on any atom is -0.493 e. The fourth-order valence-corrected chi connectivity index (χ4v) is 4.10. The van der Waals surface area contributed by atoms with E-state index in [-0.39, 0.29) is 22.0 Å². The van der Waals surface area contributed by atoms with Gasteiger partial charge in [-0.05, 0) is 49.2 Å². The number of hydrogen-bond acceptors (Lipinski definition) is 4. The van der Waals surface area contributed by atoms with Gasteiger partial charge in [0, 0.05) is 6.42 Å². The lowest BCUT2D eigenvalue weighted by atomic mass is 9.99. The lowest BCUT2D eigenvalue weighted by molar-refractivity contribution is -0.139. The third-order valence-electron chi connectivity index (χ3n) is 5.06. The average Bonchev–Trinajstić information content (AvgIpc) is 2.80. The van der Waals surface area contributed by atoms with Crippen LogP contribution in [0.3, 0.4) is 0 Å². The van der Waals surface area contributed by atoms with Gasteiger partial charge in [0.2, 0.25) is 0 Å². The van der Waals surface area contributed by atoms with Crippen molar-refractivity contribution in [2.45, 2.75) is 26.3 Å². The lowest BCUT2D eigenvalue weighted by Crippen LogP contribution is -2.42. The van der Waals surface area contributed by atoms with Crippen LogP contribution in [0.2, 0.25) is 10.0 Å². The second-order valence-electron chi connectivity index (χ2n) is 7.36. The quantitative estimate of drug-likeness (QED) is 0.362. The molecule has 6 nitrogen and oxygen atoms in total. The van der Waals surface area contributed by atoms with Gasteiger partial charge >= 0.3 is 5.97 Å². The Morgan fingerprint density at radius 3 is 1.91 bits per heavy atom. The number of carbonyl (C=O) groups excluding carboxylic acids is 1. The Labute approximate surface area is 208 Å². The summed E-state index contributed by atoms with van der Waals surface area (Å²) in [4.78, 5) is 24.5. The topological polar surface area (TPSA) is 84.9 Å². The molecule has 1 atom stereocenters. The molecule has 3 aromatic rings. The zero-order chi connectivity index (χ0) is 24.7. The first kappa shape index (κ1) is 25.4. The molecule has 0 saturated carbocycles. The minimum absolute atomic E-state index is 0.0448. The van der Waals surface area contributed by atoms with E-state index in [9.17, 15) is 14.7 Å². The summed E-state index contributed by atoms with van der Waals surface area (Å²) in [6.07, 6.45) is 0.0782. The highest BCUT2D eigenvalue weighted by Crippen LogP contribution is 2.38. The van der Waals surface area contributed by atoms with Crippen molar-refractivity contribution in [3.05, 3.63) is 81.8 Å². The van der Waals surface area contributed by atoms with Crippen LogP contribution in [0, 0.1) is 0 Å². The summed E-state index contributed by atoms with van der Waals surface area (Å²) in [5.41, 5.74) is 2.47. The minimum atomic E-state index is -1.17. The lowest BCUT2D eigenvalue weighted by Gasteiger charge is -2.17. The smallest absolute Gasteiger partial charge is 0.326 e. The first-order chi connectivity index (χ1) is 16.3. The van der Waals surface area contributed by atoms with E-state index in [1.807, 2.05) is 56.3 Å². The molecule has 0 unspecified atom stereocenters. The Kier molecular flexibility index (Phi) is 8.79. The van der Waals surface area contributed by atoms with Crippen molar-refractivity contribution in [3.63, 3.8) is 0 Å². The summed E-state index contributed by atoms with van der Waals surface area (Å²) in [6.45, 7) is 4.85. The molecule has 178 valence electrons. The van der Waals surface area contributed by atoms with Crippen LogP contribution in [0.4, 0.5) is 0 Å². The Hall–Kier alpha value is -3.22. The van der Waals surface area contributed by atoms with Gasteiger partial charge in [-0.15, -0.1) is 0 Å². The van der Waals surface area contributed by atoms with Crippen LogP contribution in [-0.2, 0) is 11.2 Å². The molecule has 3 rings (SSSR count). The molecule has 34 heavy (non-hydrogen) atoms. The fraction of sp³-hybridized carbons (Fsp3) is 0.231. The molecule has 0 saturated heterocycles. The highest BCUT2D eigenvalue weighted by molar-refractivity contribution is 6.39. The standard InChI is InChI=1S/C26H25Cl2NO5/c1-3-33-21-9-6-10-22(34-4-2)23(21)17-13-11-16(12-14-17)15-20(26(31)32)29-25(30)24-18(27)7-5-8-19(24)28/h5-14,20H,3-4,15H2,1-2H3,(H,29,30)(H,31,32)/t20-/m0/s1. The number of rotatable bonds is 10. The van der Waals surface area contributed by atoms with Gasteiger partial charge in [0.1, 0.15) is 17.5 Å². The molecule has 0 spiro atoms. The van der Waals surface area contributed by atoms with Crippen molar-refractivity contribution in [2.24, 2.45) is 0 Å². The average molecular weight is 502 g/mol. The summed E-state index contributed by atoms with van der Waals surface area (Å²) in [7, 11) is 0. The molecule has 0 radical (unpaired) electrons. The summed E-state index contributed by atoms with van der Waals surface area (Å²) in [6, 6.07) is 16.5. The van der Waals surface area contributed by atoms with Crippen LogP contribution < -0.4 is 14.8 Å². The second-order valence-corrected chi connectivity index (χ2v) is 8.17. The molecular weight excluding hydrogens is 477 g/mol. The number of aliphatic carboxylic acids is 1. The molecule has 0 aliphatic carbocycles. The molecule has 1 amide bonds. The van der Waals surface area contributed by atoms with Gasteiger partial charge in [-0.1, -0.05) is 59.6 Å². The Morgan fingerprint density at radius 2 is 1.41 bits per heavy atom. The van der Waals surface area contributed by atoms with Crippen molar-refractivity contribution in [3.8, 4) is 22.6 Å². The zero-order valence-electron chi connectivity index (χ0n) is 18.8. The monoisotopic (exact) mass is 501 g/mol. The number of carbonyl (C=O) groups is 2. The number of nitrogens with one attached hydrogen (secondary N) is 1. The van der Waals surface area contributed by atoms with E-state index in [0.29, 0.717) is 24.7 Å². The number of benzene rings is 3. The molecule has 0 bridgehead atoms. The maximum atomic E-state index is 12.7. The van der Waals surface area contributed by atoms with E-state index in [4.69, 9.17) is 32.7 Å². The van der Waals surface area contributed by atoms with Gasteiger partial charge in [0.05, 0.1) is 34.4 Å². The van der Waals surface area contributed by atoms with Crippen molar-refractivity contribution in [1.29, 1.82) is 0 Å². The largest absolute Gasteiger partial charge is 0.493 e. The number of hydrogen-bond donors (Lipinski definition) is 2. The van der Waals surface area contributed by atoms with Crippen LogP contribution in [-0.4, -0.2) is 36.2 Å². The van der Waals surface area contributed by atoms with E-state index in [1.165, 1.54) is 12.1 Å². The van der Waals surface area contributed by atoms with Crippen LogP contribution in [0.25, 0.3) is 11.1 Å². The van der Waals surface area contributed by atoms with Gasteiger partial charge in [0.15, 0.2) is 0 Å². The summed E-state index contributed by atoms with van der Waals surface area (Å²) >= 11 is 12.2. The molecule has 3 aromatic carbocycles. The maximum absolute atomic E-state index is 12.7. The number of carboxylic acids is 1. The molecular formula is C26H25Cl2NO5. The van der Waals surface area contributed by atoms with Crippen molar-refractivity contribution < 1.29 is 24.2 Å². The van der Waals surface area contributed by atoms with Gasteiger partial charge in [-0.25, -0.2) is 4.79 Å². The van der Waals surface area contributed by atoms with E-state index in [0.717, 1.165) is 16.7 Å². The summed E-state index contributed by atoms with van der Waals surface area (Å²) < 4.78 is 11.6. The Bertz CT molecular complexity index is 1120. The first-order valence-electron chi connectivity index (χ1n) is 10.8. The fourth-order valence-electron chi connectivity index (χ4n) is 3.54. The van der Waals surface area contributed by atoms with Gasteiger partial charge < -0.3 is 19.9 Å². The predicted molar refractivity (Wildman–Crippen MR) is 133 cm³/mol. The summed E-state index contributed by atoms with van der Waals surface area (Å²) in [5.74, 6) is -0.408. The molecule has 0 aliphatic rings. The van der Waals surface area contributed by atoms with Crippen LogP contribution >= 0.6 is 23.2 Å². The SMILES string of the molecule is CCOc1cccc(OCC)c1-c1ccc(C[C@H](NC(=O)c2c(Cl)cccc2Cl)C(=O)O)cc1. The highest BCUT2D eigenvalue weighted by Gasteiger charge is 2.24. The third-order valence-corrected chi connectivity index (χ3v) is 5.69. The van der Waals surface area contributed by atoms with E-state index in [2.05, 4.69) is 5.32 Å².